The van der Waals surface area contributed by atoms with Crippen molar-refractivity contribution in [3.05, 3.63) is 76.7 Å². The number of carbonyl (C=O) groups is 1. The molecule has 0 bridgehead atoms. The Morgan fingerprint density at radius 3 is 2.61 bits per heavy atom. The number of rotatable bonds is 10. The van der Waals surface area contributed by atoms with Gasteiger partial charge in [-0.1, -0.05) is 37.3 Å². The van der Waals surface area contributed by atoms with E-state index in [0.29, 0.717) is 29.2 Å². The molecule has 0 spiro atoms. The van der Waals surface area contributed by atoms with E-state index in [0.717, 1.165) is 42.1 Å². The van der Waals surface area contributed by atoms with Gasteiger partial charge >= 0.3 is 12.1 Å². The number of halogens is 4. The smallest absolute Gasteiger partial charge is 0.401 e. The third-order valence-electron chi connectivity index (χ3n) is 7.95. The molecule has 2 N–H and O–H groups in total. The highest BCUT2D eigenvalue weighted by Gasteiger charge is 2.39. The third kappa shape index (κ3) is 6.64. The van der Waals surface area contributed by atoms with Crippen LogP contribution in [0.3, 0.4) is 0 Å². The lowest BCUT2D eigenvalue weighted by Crippen LogP contribution is -2.28. The number of methoxy groups -OCH3 is 1. The van der Waals surface area contributed by atoms with E-state index in [1.54, 1.807) is 25.1 Å². The minimum absolute atomic E-state index is 0.0976. The van der Waals surface area contributed by atoms with Crippen molar-refractivity contribution in [2.45, 2.75) is 57.3 Å². The fourth-order valence-corrected chi connectivity index (χ4v) is 5.71. The summed E-state index contributed by atoms with van der Waals surface area (Å²) in [5.41, 5.74) is 3.80. The number of aromatic nitrogens is 1. The number of aliphatic carboxylic acids is 1. The monoisotopic (exact) mass is 572 g/mol. The summed E-state index contributed by atoms with van der Waals surface area (Å²) < 4.78 is 65.0. The quantitative estimate of drug-likeness (QED) is 0.259. The number of carboxylic acid groups (broad SMARTS) is 1. The van der Waals surface area contributed by atoms with E-state index < -0.39 is 30.4 Å². The fraction of sp³-hybridized carbons (Fsp3) is 0.419. The number of ether oxygens (including phenoxy) is 2. The second-order valence-corrected chi connectivity index (χ2v) is 10.8. The molecule has 2 aliphatic rings. The lowest BCUT2D eigenvalue weighted by molar-refractivity contribution is -0.142. The maximum Gasteiger partial charge on any atom is 0.401 e. The standard InChI is InChI=1S/C31H32F4N2O4/c1-17(30(38)39)29(19-4-5-19)21-6-3-18-8-10-26(41-27(18)12-21)20-7-9-23(22(11-20)14-36-16-31(33,34)35)24-13-28(40-2)37-15-25(24)32/h3,6-7,9,11-13,15,17,19,26,29,36H,4-5,8,10,14,16H2,1-2H3,(H,38,39)/t17-,26+,29?/m0/s1. The van der Waals surface area contributed by atoms with Crippen molar-refractivity contribution in [3.8, 4) is 22.8 Å². The summed E-state index contributed by atoms with van der Waals surface area (Å²) >= 11 is 0. The molecule has 2 heterocycles. The summed E-state index contributed by atoms with van der Waals surface area (Å²) in [6.45, 7) is 0.410. The van der Waals surface area contributed by atoms with Gasteiger partial charge in [0.05, 0.1) is 25.8 Å². The van der Waals surface area contributed by atoms with Crippen molar-refractivity contribution >= 4 is 5.97 Å². The molecule has 0 amide bonds. The van der Waals surface area contributed by atoms with Crippen molar-refractivity contribution in [2.24, 2.45) is 11.8 Å². The molecule has 0 radical (unpaired) electrons. The molecular formula is C31H32F4N2O4. The molecule has 218 valence electrons. The predicted molar refractivity (Wildman–Crippen MR) is 144 cm³/mol. The van der Waals surface area contributed by atoms with Gasteiger partial charge in [0.15, 0.2) is 0 Å². The van der Waals surface area contributed by atoms with Gasteiger partial charge in [-0.2, -0.15) is 13.2 Å². The minimum atomic E-state index is -4.40. The molecule has 1 fully saturated rings. The van der Waals surface area contributed by atoms with E-state index in [4.69, 9.17) is 9.47 Å². The summed E-state index contributed by atoms with van der Waals surface area (Å²) in [6.07, 6.45) is -0.366. The summed E-state index contributed by atoms with van der Waals surface area (Å²) in [6, 6.07) is 12.6. The number of benzene rings is 2. The molecular weight excluding hydrogens is 540 g/mol. The first kappa shape index (κ1) is 28.9. The van der Waals surface area contributed by atoms with Gasteiger partial charge in [0.25, 0.3) is 0 Å². The normalized spacial score (nSPS) is 18.2. The SMILES string of the molecule is COc1cc(-c2ccc([C@H]3CCc4ccc(C(C5CC5)[C@H](C)C(=O)O)cc4O3)cc2CNCC(F)(F)F)c(F)cn1. The van der Waals surface area contributed by atoms with Gasteiger partial charge < -0.3 is 19.9 Å². The molecule has 1 saturated carbocycles. The van der Waals surface area contributed by atoms with Gasteiger partial charge in [-0.05, 0) is 71.4 Å². The minimum Gasteiger partial charge on any atom is -0.485 e. The molecule has 0 saturated heterocycles. The lowest BCUT2D eigenvalue weighted by Gasteiger charge is -2.29. The molecule has 1 aliphatic carbocycles. The van der Waals surface area contributed by atoms with Crippen LogP contribution in [0.15, 0.2) is 48.7 Å². The van der Waals surface area contributed by atoms with E-state index in [1.165, 1.54) is 13.2 Å². The topological polar surface area (TPSA) is 80.7 Å². The van der Waals surface area contributed by atoms with Crippen LogP contribution < -0.4 is 14.8 Å². The molecule has 1 aliphatic heterocycles. The largest absolute Gasteiger partial charge is 0.485 e. The molecule has 1 unspecified atom stereocenters. The van der Waals surface area contributed by atoms with Crippen molar-refractivity contribution in [1.82, 2.24) is 10.3 Å². The van der Waals surface area contributed by atoms with Gasteiger partial charge in [0, 0.05) is 18.2 Å². The highest BCUT2D eigenvalue weighted by Crippen LogP contribution is 2.48. The highest BCUT2D eigenvalue weighted by atomic mass is 19.4. The van der Waals surface area contributed by atoms with E-state index >= 15 is 0 Å². The van der Waals surface area contributed by atoms with Gasteiger partial charge in [0.2, 0.25) is 5.88 Å². The van der Waals surface area contributed by atoms with E-state index in [1.807, 2.05) is 18.2 Å². The van der Waals surface area contributed by atoms with Gasteiger partial charge in [-0.15, -0.1) is 0 Å². The van der Waals surface area contributed by atoms with Crippen LogP contribution in [0.25, 0.3) is 11.1 Å². The molecule has 1 aromatic heterocycles. The predicted octanol–water partition coefficient (Wildman–Crippen LogP) is 6.83. The van der Waals surface area contributed by atoms with Crippen LogP contribution in [0.4, 0.5) is 17.6 Å². The zero-order chi connectivity index (χ0) is 29.3. The number of pyridine rings is 1. The van der Waals surface area contributed by atoms with Crippen LogP contribution in [0, 0.1) is 17.7 Å². The number of alkyl halides is 3. The summed E-state index contributed by atoms with van der Waals surface area (Å²) in [5.74, 6) is -0.853. The van der Waals surface area contributed by atoms with Gasteiger partial charge in [-0.25, -0.2) is 9.37 Å². The molecule has 3 atom stereocenters. The first-order valence-electron chi connectivity index (χ1n) is 13.7. The van der Waals surface area contributed by atoms with E-state index in [9.17, 15) is 27.5 Å². The third-order valence-corrected chi connectivity index (χ3v) is 7.95. The van der Waals surface area contributed by atoms with Crippen molar-refractivity contribution < 1.29 is 36.9 Å². The van der Waals surface area contributed by atoms with Crippen molar-refractivity contribution in [1.29, 1.82) is 0 Å². The number of carboxylic acids is 1. The Labute approximate surface area is 235 Å². The van der Waals surface area contributed by atoms with E-state index in [2.05, 4.69) is 10.3 Å². The molecule has 41 heavy (non-hydrogen) atoms. The number of hydrogen-bond donors (Lipinski definition) is 2. The number of hydrogen-bond acceptors (Lipinski definition) is 5. The first-order chi connectivity index (χ1) is 19.5. The molecule has 3 aromatic rings. The average molecular weight is 573 g/mol. The summed E-state index contributed by atoms with van der Waals surface area (Å²) in [7, 11) is 1.40. The number of nitrogens with one attached hydrogen (secondary N) is 1. The molecule has 2 aromatic carbocycles. The Kier molecular flexibility index (Phi) is 8.22. The van der Waals surface area contributed by atoms with Gasteiger partial charge in [0.1, 0.15) is 17.7 Å². The number of fused-ring (bicyclic) bond motifs is 1. The maximum absolute atomic E-state index is 14.8. The lowest BCUT2D eigenvalue weighted by atomic mass is 9.82. The van der Waals surface area contributed by atoms with Crippen LogP contribution in [0.5, 0.6) is 11.6 Å². The zero-order valence-corrected chi connectivity index (χ0v) is 22.8. The Morgan fingerprint density at radius 1 is 1.15 bits per heavy atom. The van der Waals surface area contributed by atoms with Crippen LogP contribution in [-0.4, -0.2) is 35.9 Å². The maximum atomic E-state index is 14.8. The van der Waals surface area contributed by atoms with Crippen LogP contribution >= 0.6 is 0 Å². The second-order valence-electron chi connectivity index (χ2n) is 10.8. The van der Waals surface area contributed by atoms with Gasteiger partial charge in [-0.3, -0.25) is 4.79 Å². The Balaban J connectivity index is 1.45. The Hall–Kier alpha value is -3.66. The van der Waals surface area contributed by atoms with Crippen LogP contribution in [0.2, 0.25) is 0 Å². The number of nitrogens with zero attached hydrogens (tertiary/aromatic N) is 1. The van der Waals surface area contributed by atoms with Crippen molar-refractivity contribution in [3.63, 3.8) is 0 Å². The van der Waals surface area contributed by atoms with Crippen LogP contribution in [0.1, 0.15) is 60.5 Å². The molecule has 5 rings (SSSR count). The van der Waals surface area contributed by atoms with E-state index in [-0.39, 0.29) is 30.0 Å². The average Bonchev–Trinajstić information content (AvgIpc) is 3.77. The zero-order valence-electron chi connectivity index (χ0n) is 22.8. The van der Waals surface area contributed by atoms with Crippen LogP contribution in [-0.2, 0) is 17.8 Å². The number of aryl methyl sites for hydroxylation is 1. The Bertz CT molecular complexity index is 1420. The summed E-state index contributed by atoms with van der Waals surface area (Å²) in [5, 5.41) is 12.1. The highest BCUT2D eigenvalue weighted by molar-refractivity contribution is 5.71. The Morgan fingerprint density at radius 2 is 1.93 bits per heavy atom. The molecule has 10 heteroatoms. The molecule has 6 nitrogen and oxygen atoms in total. The first-order valence-corrected chi connectivity index (χ1v) is 13.7. The summed E-state index contributed by atoms with van der Waals surface area (Å²) in [4.78, 5) is 15.6. The second kappa shape index (κ2) is 11.7. The fourth-order valence-electron chi connectivity index (χ4n) is 5.71. The van der Waals surface area contributed by atoms with Crippen molar-refractivity contribution in [2.75, 3.05) is 13.7 Å².